The van der Waals surface area contributed by atoms with Gasteiger partial charge in [0.2, 0.25) is 5.83 Å². The third-order valence-corrected chi connectivity index (χ3v) is 1.66. The average Bonchev–Trinajstić information content (AvgIpc) is 2.53. The fourth-order valence-electron chi connectivity index (χ4n) is 1.06. The van der Waals surface area contributed by atoms with E-state index in [0.717, 1.165) is 12.5 Å². The Bertz CT molecular complexity index is 357. The molecule has 0 aliphatic carbocycles. The van der Waals surface area contributed by atoms with Gasteiger partial charge in [-0.1, -0.05) is 6.92 Å². The molecule has 0 unspecified atom stereocenters. The maximum absolute atomic E-state index is 12.7. The van der Waals surface area contributed by atoms with Gasteiger partial charge in [-0.15, -0.1) is 0 Å². The van der Waals surface area contributed by atoms with Crippen molar-refractivity contribution in [2.75, 3.05) is 0 Å². The van der Waals surface area contributed by atoms with Gasteiger partial charge in [0.1, 0.15) is 0 Å². The van der Waals surface area contributed by atoms with Crippen LogP contribution in [-0.2, 0) is 11.3 Å². The van der Waals surface area contributed by atoms with Crippen molar-refractivity contribution >= 4 is 12.0 Å². The number of aliphatic carboxylic acids is 1. The third kappa shape index (κ3) is 2.42. The van der Waals surface area contributed by atoms with Crippen molar-refractivity contribution in [3.8, 4) is 0 Å². The normalized spacial score (nSPS) is 11.7. The molecule has 0 spiro atoms. The number of carboxylic acids is 1. The summed E-state index contributed by atoms with van der Waals surface area (Å²) in [5.41, 5.74) is 0.465. The second-order valence-electron chi connectivity index (χ2n) is 2.78. The zero-order valence-corrected chi connectivity index (χ0v) is 7.77. The van der Waals surface area contributed by atoms with Crippen LogP contribution < -0.4 is 0 Å². The first kappa shape index (κ1) is 10.4. The molecule has 0 saturated heterocycles. The number of aryl methyl sites for hydroxylation is 1. The molecule has 0 aromatic carbocycles. The Kier molecular flexibility index (Phi) is 3.39. The summed E-state index contributed by atoms with van der Waals surface area (Å²) < 4.78 is 14.3. The van der Waals surface area contributed by atoms with Gasteiger partial charge in [0.15, 0.2) is 0 Å². The minimum Gasteiger partial charge on any atom is -0.476 e. The van der Waals surface area contributed by atoms with Crippen LogP contribution in [0, 0.1) is 0 Å². The number of hydrogen-bond donors (Lipinski definition) is 1. The highest BCUT2D eigenvalue weighted by atomic mass is 19.1. The number of rotatable bonds is 4. The van der Waals surface area contributed by atoms with E-state index in [2.05, 4.69) is 5.10 Å². The van der Waals surface area contributed by atoms with Crippen molar-refractivity contribution in [1.82, 2.24) is 9.78 Å². The number of halogens is 1. The molecule has 4 nitrogen and oxygen atoms in total. The predicted octanol–water partition coefficient (Wildman–Crippen LogP) is 1.69. The molecular weight excluding hydrogens is 187 g/mol. The summed E-state index contributed by atoms with van der Waals surface area (Å²) in [7, 11) is 0. The van der Waals surface area contributed by atoms with Crippen molar-refractivity contribution in [3.05, 3.63) is 23.8 Å². The van der Waals surface area contributed by atoms with Crippen LogP contribution in [0.1, 0.15) is 19.0 Å². The highest BCUT2D eigenvalue weighted by Gasteiger charge is 2.07. The Morgan fingerprint density at radius 3 is 3.07 bits per heavy atom. The summed E-state index contributed by atoms with van der Waals surface area (Å²) in [6, 6.07) is 1.57. The van der Waals surface area contributed by atoms with Crippen LogP contribution in [0.25, 0.3) is 6.08 Å². The summed E-state index contributed by atoms with van der Waals surface area (Å²) >= 11 is 0. The lowest BCUT2D eigenvalue weighted by Crippen LogP contribution is -2.02. The van der Waals surface area contributed by atoms with Crippen LogP contribution >= 0.6 is 0 Å². The van der Waals surface area contributed by atoms with E-state index < -0.39 is 11.8 Å². The molecule has 1 heterocycles. The lowest BCUT2D eigenvalue weighted by Gasteiger charge is -2.00. The summed E-state index contributed by atoms with van der Waals surface area (Å²) in [6.07, 6.45) is 3.33. The fourth-order valence-corrected chi connectivity index (χ4v) is 1.06. The van der Waals surface area contributed by atoms with E-state index >= 15 is 0 Å². The van der Waals surface area contributed by atoms with Gasteiger partial charge in [-0.2, -0.15) is 9.49 Å². The maximum Gasteiger partial charge on any atom is 0.364 e. The first-order valence-corrected chi connectivity index (χ1v) is 4.27. The highest BCUT2D eigenvalue weighted by Crippen LogP contribution is 2.08. The van der Waals surface area contributed by atoms with E-state index in [1.54, 1.807) is 10.7 Å². The first-order valence-electron chi connectivity index (χ1n) is 4.27. The number of aromatic nitrogens is 2. The SMILES string of the molecule is CCCn1nccc1/C=C(/F)C(=O)O. The average molecular weight is 198 g/mol. The molecule has 1 aromatic heterocycles. The second-order valence-corrected chi connectivity index (χ2v) is 2.78. The van der Waals surface area contributed by atoms with Crippen LogP contribution in [0.2, 0.25) is 0 Å². The van der Waals surface area contributed by atoms with Gasteiger partial charge in [-0.25, -0.2) is 4.79 Å². The minimum atomic E-state index is -1.56. The first-order chi connectivity index (χ1) is 6.65. The molecule has 1 N–H and O–H groups in total. The van der Waals surface area contributed by atoms with E-state index in [9.17, 15) is 9.18 Å². The Morgan fingerprint density at radius 1 is 1.79 bits per heavy atom. The number of carboxylic acid groups (broad SMARTS) is 1. The van der Waals surface area contributed by atoms with Gasteiger partial charge in [0, 0.05) is 18.8 Å². The number of carbonyl (C=O) groups is 1. The molecule has 0 aliphatic rings. The molecule has 0 amide bonds. The zero-order chi connectivity index (χ0) is 10.6. The van der Waals surface area contributed by atoms with E-state index in [4.69, 9.17) is 5.11 Å². The van der Waals surface area contributed by atoms with Gasteiger partial charge in [-0.05, 0) is 12.5 Å². The molecule has 0 atom stereocenters. The molecule has 0 fully saturated rings. The van der Waals surface area contributed by atoms with Crippen molar-refractivity contribution in [3.63, 3.8) is 0 Å². The van der Waals surface area contributed by atoms with E-state index in [-0.39, 0.29) is 0 Å². The fraction of sp³-hybridized carbons (Fsp3) is 0.333. The second kappa shape index (κ2) is 4.55. The minimum absolute atomic E-state index is 0.465. The number of hydrogen-bond acceptors (Lipinski definition) is 2. The molecular formula is C9H11FN2O2. The van der Waals surface area contributed by atoms with Crippen molar-refractivity contribution in [2.24, 2.45) is 0 Å². The lowest BCUT2D eigenvalue weighted by molar-refractivity contribution is -0.134. The van der Waals surface area contributed by atoms with Crippen molar-refractivity contribution < 1.29 is 14.3 Å². The molecule has 1 aromatic rings. The molecule has 5 heteroatoms. The monoisotopic (exact) mass is 198 g/mol. The van der Waals surface area contributed by atoms with Crippen LogP contribution in [-0.4, -0.2) is 20.9 Å². The molecule has 0 saturated carbocycles. The highest BCUT2D eigenvalue weighted by molar-refractivity contribution is 5.89. The van der Waals surface area contributed by atoms with Gasteiger partial charge >= 0.3 is 5.97 Å². The molecule has 76 valence electrons. The largest absolute Gasteiger partial charge is 0.476 e. The third-order valence-electron chi connectivity index (χ3n) is 1.66. The summed E-state index contributed by atoms with van der Waals surface area (Å²) in [5, 5.41) is 12.3. The molecule has 0 bridgehead atoms. The molecule has 14 heavy (non-hydrogen) atoms. The maximum atomic E-state index is 12.7. The Morgan fingerprint density at radius 2 is 2.50 bits per heavy atom. The standard InChI is InChI=1S/C9H11FN2O2/c1-2-5-12-7(3-4-11-12)6-8(10)9(13)14/h3-4,6H,2,5H2,1H3,(H,13,14)/b8-6+. The zero-order valence-electron chi connectivity index (χ0n) is 7.77. The molecule has 0 radical (unpaired) electrons. The number of nitrogens with zero attached hydrogens (tertiary/aromatic N) is 2. The van der Waals surface area contributed by atoms with Gasteiger partial charge in [0.25, 0.3) is 0 Å². The lowest BCUT2D eigenvalue weighted by atomic mass is 10.3. The topological polar surface area (TPSA) is 55.1 Å². The van der Waals surface area contributed by atoms with Crippen LogP contribution in [0.5, 0.6) is 0 Å². The Balaban J connectivity index is 2.90. The quantitative estimate of drug-likeness (QED) is 0.749. The smallest absolute Gasteiger partial charge is 0.364 e. The van der Waals surface area contributed by atoms with E-state index in [1.165, 1.54) is 6.20 Å². The van der Waals surface area contributed by atoms with Gasteiger partial charge in [0.05, 0.1) is 5.69 Å². The molecule has 1 rings (SSSR count). The van der Waals surface area contributed by atoms with Gasteiger partial charge in [-0.3, -0.25) is 4.68 Å². The Labute approximate surface area is 80.7 Å². The summed E-state index contributed by atoms with van der Waals surface area (Å²) in [4.78, 5) is 10.2. The summed E-state index contributed by atoms with van der Waals surface area (Å²) in [6.45, 7) is 2.61. The predicted molar refractivity (Wildman–Crippen MR) is 49.2 cm³/mol. The van der Waals surface area contributed by atoms with Crippen LogP contribution in [0.4, 0.5) is 4.39 Å². The van der Waals surface area contributed by atoms with Gasteiger partial charge < -0.3 is 5.11 Å². The Hall–Kier alpha value is -1.65. The van der Waals surface area contributed by atoms with E-state index in [0.29, 0.717) is 12.2 Å². The van der Waals surface area contributed by atoms with Crippen LogP contribution in [0.3, 0.4) is 0 Å². The molecule has 0 aliphatic heterocycles. The van der Waals surface area contributed by atoms with Crippen molar-refractivity contribution in [2.45, 2.75) is 19.9 Å². The van der Waals surface area contributed by atoms with Crippen molar-refractivity contribution in [1.29, 1.82) is 0 Å². The van der Waals surface area contributed by atoms with Crippen LogP contribution in [0.15, 0.2) is 18.1 Å². The summed E-state index contributed by atoms with van der Waals surface area (Å²) in [5.74, 6) is -2.74. The van der Waals surface area contributed by atoms with E-state index in [1.807, 2.05) is 6.92 Å².